The van der Waals surface area contributed by atoms with Crippen LogP contribution >= 0.6 is 0 Å². The summed E-state index contributed by atoms with van der Waals surface area (Å²) < 4.78 is 33.8. The number of aliphatic hydroxyl groups is 1. The lowest BCUT2D eigenvalue weighted by molar-refractivity contribution is -0.152. The van der Waals surface area contributed by atoms with Crippen LogP contribution in [0.3, 0.4) is 0 Å². The Bertz CT molecular complexity index is 926. The molecule has 170 valence electrons. The molecule has 2 rings (SSSR count). The Morgan fingerprint density at radius 1 is 1.03 bits per heavy atom. The predicted octanol–water partition coefficient (Wildman–Crippen LogP) is 3.47. The van der Waals surface area contributed by atoms with Crippen molar-refractivity contribution in [1.82, 2.24) is 4.72 Å². The summed E-state index contributed by atoms with van der Waals surface area (Å²) in [7, 11) is -3.79. The molecule has 3 atom stereocenters. The Balaban J connectivity index is 2.11. The van der Waals surface area contributed by atoms with Crippen LogP contribution in [0.15, 0.2) is 59.5 Å². The highest BCUT2D eigenvalue weighted by Crippen LogP contribution is 2.16. The minimum Gasteiger partial charge on any atom is -0.464 e. The first-order chi connectivity index (χ1) is 14.6. The molecule has 0 bridgehead atoms. The minimum absolute atomic E-state index is 0.127. The smallest absolute Gasteiger partial charge is 0.311 e. The zero-order valence-electron chi connectivity index (χ0n) is 18.6. The van der Waals surface area contributed by atoms with E-state index in [0.29, 0.717) is 12.8 Å². The molecule has 0 aliphatic heterocycles. The van der Waals surface area contributed by atoms with Crippen molar-refractivity contribution >= 4 is 16.0 Å². The van der Waals surface area contributed by atoms with Gasteiger partial charge in [-0.2, -0.15) is 0 Å². The molecule has 7 heteroatoms. The normalized spacial score (nSPS) is 14.8. The van der Waals surface area contributed by atoms with Gasteiger partial charge in [-0.15, -0.1) is 0 Å². The van der Waals surface area contributed by atoms with Crippen LogP contribution in [0, 0.1) is 18.8 Å². The van der Waals surface area contributed by atoms with Gasteiger partial charge >= 0.3 is 5.97 Å². The molecular formula is C24H33NO5S. The third-order valence-electron chi connectivity index (χ3n) is 5.07. The van der Waals surface area contributed by atoms with Crippen LogP contribution in [0.2, 0.25) is 0 Å². The van der Waals surface area contributed by atoms with E-state index >= 15 is 0 Å². The summed E-state index contributed by atoms with van der Waals surface area (Å²) in [6.07, 6.45) is 0.0515. The maximum absolute atomic E-state index is 12.9. The third-order valence-corrected chi connectivity index (χ3v) is 6.60. The molecule has 0 saturated carbocycles. The summed E-state index contributed by atoms with van der Waals surface area (Å²) in [5.74, 6) is -0.980. The summed E-state index contributed by atoms with van der Waals surface area (Å²) in [5, 5.41) is 10.2. The molecule has 0 aliphatic carbocycles. The zero-order chi connectivity index (χ0) is 23.0. The number of carbonyl (C=O) groups excluding carboxylic acids is 1. The quantitative estimate of drug-likeness (QED) is 0.515. The van der Waals surface area contributed by atoms with Gasteiger partial charge < -0.3 is 9.84 Å². The van der Waals surface area contributed by atoms with Crippen LogP contribution in [0.4, 0.5) is 0 Å². The van der Waals surface area contributed by atoms with Crippen LogP contribution in [-0.4, -0.2) is 38.2 Å². The summed E-state index contributed by atoms with van der Waals surface area (Å²) in [6, 6.07) is 15.3. The second kappa shape index (κ2) is 11.4. The Kier molecular flexibility index (Phi) is 9.22. The summed E-state index contributed by atoms with van der Waals surface area (Å²) in [4.78, 5) is 12.6. The highest BCUT2D eigenvalue weighted by molar-refractivity contribution is 7.89. The molecular weight excluding hydrogens is 414 g/mol. The third kappa shape index (κ3) is 8.09. The topological polar surface area (TPSA) is 92.7 Å². The molecule has 0 unspecified atom stereocenters. The van der Waals surface area contributed by atoms with Crippen molar-refractivity contribution in [2.24, 2.45) is 11.8 Å². The number of aliphatic hydroxyl groups excluding tert-OH is 1. The SMILES string of the molecule is Cc1ccc(S(=O)(=O)N[C@H](COC(=O)[C@@H](C)[C@@H](O)CC(C)C)Cc2ccccc2)cc1. The van der Waals surface area contributed by atoms with Crippen LogP contribution in [0.25, 0.3) is 0 Å². The van der Waals surface area contributed by atoms with Gasteiger partial charge in [0.25, 0.3) is 0 Å². The molecule has 31 heavy (non-hydrogen) atoms. The van der Waals surface area contributed by atoms with Gasteiger partial charge in [-0.25, -0.2) is 13.1 Å². The molecule has 2 aromatic rings. The predicted molar refractivity (Wildman–Crippen MR) is 121 cm³/mol. The minimum atomic E-state index is -3.79. The average molecular weight is 448 g/mol. The van der Waals surface area contributed by atoms with Crippen molar-refractivity contribution in [2.75, 3.05) is 6.61 Å². The van der Waals surface area contributed by atoms with E-state index < -0.39 is 34.1 Å². The summed E-state index contributed by atoms with van der Waals surface area (Å²) in [5.41, 5.74) is 1.88. The number of ether oxygens (including phenoxy) is 1. The number of sulfonamides is 1. The molecule has 2 N–H and O–H groups in total. The van der Waals surface area contributed by atoms with Gasteiger partial charge in [0.2, 0.25) is 10.0 Å². The van der Waals surface area contributed by atoms with Gasteiger partial charge in [0.15, 0.2) is 0 Å². The fourth-order valence-electron chi connectivity index (χ4n) is 3.20. The number of esters is 1. The second-order valence-corrected chi connectivity index (χ2v) is 10.2. The molecule has 0 fully saturated rings. The first-order valence-electron chi connectivity index (χ1n) is 10.6. The van der Waals surface area contributed by atoms with E-state index in [-0.39, 0.29) is 17.4 Å². The monoisotopic (exact) mass is 447 g/mol. The number of rotatable bonds is 11. The van der Waals surface area contributed by atoms with Gasteiger partial charge in [-0.3, -0.25) is 4.79 Å². The number of carbonyl (C=O) groups is 1. The molecule has 0 amide bonds. The molecule has 0 saturated heterocycles. The number of aryl methyl sites for hydroxylation is 1. The maximum Gasteiger partial charge on any atom is 0.311 e. The van der Waals surface area contributed by atoms with Gasteiger partial charge in [-0.05, 0) is 50.3 Å². The largest absolute Gasteiger partial charge is 0.464 e. The Morgan fingerprint density at radius 2 is 1.65 bits per heavy atom. The van der Waals surface area contributed by atoms with Crippen molar-refractivity contribution < 1.29 is 23.1 Å². The van der Waals surface area contributed by atoms with Crippen molar-refractivity contribution in [3.05, 3.63) is 65.7 Å². The Labute approximate surface area is 185 Å². The highest BCUT2D eigenvalue weighted by atomic mass is 32.2. The number of benzene rings is 2. The molecule has 0 aliphatic rings. The van der Waals surface area contributed by atoms with Crippen LogP contribution in [0.5, 0.6) is 0 Å². The van der Waals surface area contributed by atoms with E-state index in [9.17, 15) is 18.3 Å². The van der Waals surface area contributed by atoms with Crippen LogP contribution in [0.1, 0.15) is 38.3 Å². The fraction of sp³-hybridized carbons (Fsp3) is 0.458. The maximum atomic E-state index is 12.9. The van der Waals surface area contributed by atoms with Crippen molar-refractivity contribution in [3.8, 4) is 0 Å². The standard InChI is InChI=1S/C24H33NO5S/c1-17(2)14-23(26)19(4)24(27)30-16-21(15-20-8-6-5-7-9-20)25-31(28,29)22-12-10-18(3)11-13-22/h5-13,17,19,21,23,25-26H,14-16H2,1-4H3/t19-,21-,23-/m0/s1. The molecule has 0 aromatic heterocycles. The lowest BCUT2D eigenvalue weighted by Gasteiger charge is -2.22. The molecule has 6 nitrogen and oxygen atoms in total. The van der Waals surface area contributed by atoms with Crippen LogP contribution in [-0.2, 0) is 26.0 Å². The van der Waals surface area contributed by atoms with Gasteiger partial charge in [-0.1, -0.05) is 61.9 Å². The van der Waals surface area contributed by atoms with E-state index in [4.69, 9.17) is 4.74 Å². The van der Waals surface area contributed by atoms with Crippen molar-refractivity contribution in [1.29, 1.82) is 0 Å². The lowest BCUT2D eigenvalue weighted by atomic mass is 9.96. The molecule has 2 aromatic carbocycles. The first kappa shape index (κ1) is 25.0. The van der Waals surface area contributed by atoms with Gasteiger partial charge in [0.1, 0.15) is 6.61 Å². The number of nitrogens with one attached hydrogen (secondary N) is 1. The molecule has 0 radical (unpaired) electrons. The Hall–Kier alpha value is -2.22. The summed E-state index contributed by atoms with van der Waals surface area (Å²) in [6.45, 7) is 7.32. The Morgan fingerprint density at radius 3 is 2.23 bits per heavy atom. The van der Waals surface area contributed by atoms with E-state index in [1.807, 2.05) is 51.1 Å². The zero-order valence-corrected chi connectivity index (χ0v) is 19.4. The van der Waals surface area contributed by atoms with E-state index in [0.717, 1.165) is 11.1 Å². The van der Waals surface area contributed by atoms with Crippen molar-refractivity contribution in [2.45, 2.75) is 57.6 Å². The second-order valence-electron chi connectivity index (χ2n) is 8.44. The fourth-order valence-corrected chi connectivity index (χ4v) is 4.42. The van der Waals surface area contributed by atoms with Crippen molar-refractivity contribution in [3.63, 3.8) is 0 Å². The molecule has 0 spiro atoms. The number of hydrogen-bond acceptors (Lipinski definition) is 5. The lowest BCUT2D eigenvalue weighted by Crippen LogP contribution is -2.41. The van der Waals surface area contributed by atoms with Gasteiger partial charge in [0, 0.05) is 0 Å². The first-order valence-corrected chi connectivity index (χ1v) is 12.0. The highest BCUT2D eigenvalue weighted by Gasteiger charge is 2.27. The number of hydrogen-bond donors (Lipinski definition) is 2. The van der Waals surface area contributed by atoms with Crippen LogP contribution < -0.4 is 4.72 Å². The van der Waals surface area contributed by atoms with E-state index in [2.05, 4.69) is 4.72 Å². The average Bonchev–Trinajstić information content (AvgIpc) is 2.71. The molecule has 0 heterocycles. The summed E-state index contributed by atoms with van der Waals surface area (Å²) >= 11 is 0. The van der Waals surface area contributed by atoms with Gasteiger partial charge in [0.05, 0.1) is 23.0 Å². The van der Waals surface area contributed by atoms with E-state index in [1.165, 1.54) is 0 Å². The van der Waals surface area contributed by atoms with E-state index in [1.54, 1.807) is 31.2 Å².